The summed E-state index contributed by atoms with van der Waals surface area (Å²) in [5.74, 6) is 0. The van der Waals surface area contributed by atoms with E-state index >= 15 is 0 Å². The quantitative estimate of drug-likeness (QED) is 0.563. The number of methoxy groups -OCH3 is 1. The fourth-order valence-corrected chi connectivity index (χ4v) is 2.15. The highest BCUT2D eigenvalue weighted by atomic mass is 16.5. The largest absolute Gasteiger partial charge is 0.383 e. The van der Waals surface area contributed by atoms with Gasteiger partial charge in [0.05, 0.1) is 6.61 Å². The minimum atomic E-state index is 0.682. The number of nitrogens with one attached hydrogen (secondary N) is 1. The third-order valence-corrected chi connectivity index (χ3v) is 3.50. The summed E-state index contributed by atoms with van der Waals surface area (Å²) >= 11 is 0. The van der Waals surface area contributed by atoms with Crippen LogP contribution in [0.4, 0.5) is 0 Å². The minimum absolute atomic E-state index is 0.682. The molecule has 0 atom stereocenters. The average Bonchev–Trinajstić information content (AvgIpc) is 3.01. The molecule has 0 unspecified atom stereocenters. The first-order chi connectivity index (χ1) is 7.33. The first kappa shape index (κ1) is 13.0. The average molecular weight is 213 g/mol. The molecular formula is C13H27NO. The molecule has 0 amide bonds. The molecule has 0 aromatic carbocycles. The molecule has 0 radical (unpaired) electrons. The maximum atomic E-state index is 5.03. The Balaban J connectivity index is 1.96. The molecule has 0 saturated heterocycles. The molecule has 0 bridgehead atoms. The van der Waals surface area contributed by atoms with Crippen LogP contribution >= 0.6 is 0 Å². The van der Waals surface area contributed by atoms with Crippen LogP contribution in [-0.2, 0) is 4.74 Å². The summed E-state index contributed by atoms with van der Waals surface area (Å²) in [5, 5.41) is 3.50. The van der Waals surface area contributed by atoms with Crippen LogP contribution in [0.1, 0.15) is 51.9 Å². The van der Waals surface area contributed by atoms with Crippen LogP contribution in [0.15, 0.2) is 0 Å². The van der Waals surface area contributed by atoms with Crippen LogP contribution in [0.5, 0.6) is 0 Å². The highest BCUT2D eigenvalue weighted by molar-refractivity contribution is 4.94. The molecule has 0 spiro atoms. The van der Waals surface area contributed by atoms with Gasteiger partial charge in [0, 0.05) is 20.2 Å². The van der Waals surface area contributed by atoms with Gasteiger partial charge in [-0.3, -0.25) is 0 Å². The van der Waals surface area contributed by atoms with E-state index in [9.17, 15) is 0 Å². The van der Waals surface area contributed by atoms with Crippen molar-refractivity contribution in [2.24, 2.45) is 5.41 Å². The normalized spacial score (nSPS) is 18.0. The summed E-state index contributed by atoms with van der Waals surface area (Å²) in [4.78, 5) is 0. The van der Waals surface area contributed by atoms with Crippen molar-refractivity contribution in [2.75, 3.05) is 26.8 Å². The first-order valence-corrected chi connectivity index (χ1v) is 6.53. The van der Waals surface area contributed by atoms with Gasteiger partial charge < -0.3 is 10.1 Å². The lowest BCUT2D eigenvalue weighted by Gasteiger charge is -2.15. The molecule has 90 valence electrons. The standard InChI is InChI=1S/C13H27NO/c1-3-4-5-6-7-13(8-9-13)12-14-10-11-15-2/h14H,3-12H2,1-2H3. The van der Waals surface area contributed by atoms with Gasteiger partial charge in [-0.25, -0.2) is 0 Å². The summed E-state index contributed by atoms with van der Waals surface area (Å²) in [5.41, 5.74) is 0.682. The summed E-state index contributed by atoms with van der Waals surface area (Å²) in [6.45, 7) is 5.33. The molecule has 1 N–H and O–H groups in total. The molecule has 0 aromatic rings. The van der Waals surface area contributed by atoms with Gasteiger partial charge in [0.1, 0.15) is 0 Å². The van der Waals surface area contributed by atoms with Gasteiger partial charge in [-0.1, -0.05) is 32.6 Å². The SMILES string of the molecule is CCCCCCC1(CNCCOC)CC1. The number of unbranched alkanes of at least 4 members (excludes halogenated alkanes) is 3. The lowest BCUT2D eigenvalue weighted by atomic mass is 9.98. The van der Waals surface area contributed by atoms with Crippen LogP contribution in [0.25, 0.3) is 0 Å². The molecular weight excluding hydrogens is 186 g/mol. The van der Waals surface area contributed by atoms with Crippen LogP contribution < -0.4 is 5.32 Å². The number of ether oxygens (including phenoxy) is 1. The van der Waals surface area contributed by atoms with Crippen LogP contribution in [0.2, 0.25) is 0 Å². The van der Waals surface area contributed by atoms with Gasteiger partial charge in [0.25, 0.3) is 0 Å². The molecule has 1 fully saturated rings. The van der Waals surface area contributed by atoms with Crippen LogP contribution in [-0.4, -0.2) is 26.8 Å². The molecule has 1 saturated carbocycles. The van der Waals surface area contributed by atoms with Gasteiger partial charge in [-0.2, -0.15) is 0 Å². The molecule has 2 nitrogen and oxygen atoms in total. The van der Waals surface area contributed by atoms with Crippen molar-refractivity contribution in [1.29, 1.82) is 0 Å². The monoisotopic (exact) mass is 213 g/mol. The lowest BCUT2D eigenvalue weighted by molar-refractivity contribution is 0.196. The Labute approximate surface area is 94.8 Å². The van der Waals surface area contributed by atoms with Gasteiger partial charge in [0.2, 0.25) is 0 Å². The molecule has 1 aliphatic rings. The Morgan fingerprint density at radius 1 is 1.20 bits per heavy atom. The molecule has 1 aliphatic carbocycles. The second kappa shape index (κ2) is 7.24. The van der Waals surface area contributed by atoms with Crippen LogP contribution in [0, 0.1) is 5.41 Å². The Morgan fingerprint density at radius 2 is 2.00 bits per heavy atom. The predicted molar refractivity (Wildman–Crippen MR) is 65.2 cm³/mol. The van der Waals surface area contributed by atoms with E-state index in [0.717, 1.165) is 13.2 Å². The lowest BCUT2D eigenvalue weighted by Crippen LogP contribution is -2.27. The molecule has 1 rings (SSSR count). The molecule has 0 aromatic heterocycles. The summed E-state index contributed by atoms with van der Waals surface area (Å²) < 4.78 is 5.03. The zero-order valence-corrected chi connectivity index (χ0v) is 10.5. The maximum absolute atomic E-state index is 5.03. The van der Waals surface area contributed by atoms with Crippen LogP contribution in [0.3, 0.4) is 0 Å². The van der Waals surface area contributed by atoms with Crippen molar-refractivity contribution in [1.82, 2.24) is 5.32 Å². The molecule has 2 heteroatoms. The minimum Gasteiger partial charge on any atom is -0.383 e. The molecule has 15 heavy (non-hydrogen) atoms. The van der Waals surface area contributed by atoms with Crippen molar-refractivity contribution in [3.8, 4) is 0 Å². The summed E-state index contributed by atoms with van der Waals surface area (Å²) in [7, 11) is 1.76. The van der Waals surface area contributed by atoms with Crippen molar-refractivity contribution in [2.45, 2.75) is 51.9 Å². The Morgan fingerprint density at radius 3 is 2.60 bits per heavy atom. The highest BCUT2D eigenvalue weighted by Crippen LogP contribution is 2.49. The first-order valence-electron chi connectivity index (χ1n) is 6.53. The van der Waals surface area contributed by atoms with E-state index in [1.54, 1.807) is 7.11 Å². The fraction of sp³-hybridized carbons (Fsp3) is 1.00. The number of hydrogen-bond acceptors (Lipinski definition) is 2. The number of rotatable bonds is 10. The van der Waals surface area contributed by atoms with Crippen molar-refractivity contribution in [3.63, 3.8) is 0 Å². The zero-order valence-electron chi connectivity index (χ0n) is 10.5. The van der Waals surface area contributed by atoms with Gasteiger partial charge in [0.15, 0.2) is 0 Å². The predicted octanol–water partition coefficient (Wildman–Crippen LogP) is 2.97. The third-order valence-electron chi connectivity index (χ3n) is 3.50. The fourth-order valence-electron chi connectivity index (χ4n) is 2.15. The van der Waals surface area contributed by atoms with Gasteiger partial charge >= 0.3 is 0 Å². The Bertz CT molecular complexity index is 141. The second-order valence-electron chi connectivity index (χ2n) is 4.98. The van der Waals surface area contributed by atoms with E-state index in [4.69, 9.17) is 4.74 Å². The van der Waals surface area contributed by atoms with Crippen molar-refractivity contribution in [3.05, 3.63) is 0 Å². The Hall–Kier alpha value is -0.0800. The summed E-state index contributed by atoms with van der Waals surface area (Å²) in [6, 6.07) is 0. The van der Waals surface area contributed by atoms with E-state index in [-0.39, 0.29) is 0 Å². The maximum Gasteiger partial charge on any atom is 0.0587 e. The topological polar surface area (TPSA) is 21.3 Å². The number of hydrogen-bond donors (Lipinski definition) is 1. The Kier molecular flexibility index (Phi) is 6.26. The van der Waals surface area contributed by atoms with Crippen molar-refractivity contribution >= 4 is 0 Å². The molecule has 0 aliphatic heterocycles. The van der Waals surface area contributed by atoms with E-state index in [0.29, 0.717) is 5.41 Å². The highest BCUT2D eigenvalue weighted by Gasteiger charge is 2.40. The van der Waals surface area contributed by atoms with E-state index < -0.39 is 0 Å². The van der Waals surface area contributed by atoms with E-state index in [2.05, 4.69) is 12.2 Å². The zero-order chi connectivity index (χ0) is 11.0. The van der Waals surface area contributed by atoms with Crippen molar-refractivity contribution < 1.29 is 4.74 Å². The van der Waals surface area contributed by atoms with Gasteiger partial charge in [-0.05, 0) is 24.7 Å². The van der Waals surface area contributed by atoms with E-state index in [1.807, 2.05) is 0 Å². The second-order valence-corrected chi connectivity index (χ2v) is 4.98. The summed E-state index contributed by atoms with van der Waals surface area (Å²) in [6.07, 6.45) is 9.94. The van der Waals surface area contributed by atoms with E-state index in [1.165, 1.54) is 51.5 Å². The van der Waals surface area contributed by atoms with Gasteiger partial charge in [-0.15, -0.1) is 0 Å². The molecule has 0 heterocycles. The third kappa shape index (κ3) is 5.53. The smallest absolute Gasteiger partial charge is 0.0587 e.